The summed E-state index contributed by atoms with van der Waals surface area (Å²) in [5.41, 5.74) is 5.36. The summed E-state index contributed by atoms with van der Waals surface area (Å²) < 4.78 is 1.69. The van der Waals surface area contributed by atoms with Crippen molar-refractivity contribution in [1.82, 2.24) is 20.1 Å². The van der Waals surface area contributed by atoms with Crippen LogP contribution in [0.1, 0.15) is 18.7 Å². The smallest absolute Gasteiger partial charge is 0.320 e. The van der Waals surface area contributed by atoms with Crippen molar-refractivity contribution in [2.45, 2.75) is 25.4 Å². The van der Waals surface area contributed by atoms with Crippen molar-refractivity contribution in [3.8, 4) is 0 Å². The van der Waals surface area contributed by atoms with E-state index in [2.05, 4.69) is 15.4 Å². The summed E-state index contributed by atoms with van der Waals surface area (Å²) in [4.78, 5) is 14.5. The van der Waals surface area contributed by atoms with E-state index in [-0.39, 0.29) is 0 Å². The summed E-state index contributed by atoms with van der Waals surface area (Å²) in [5, 5.41) is 15.6. The fourth-order valence-corrected chi connectivity index (χ4v) is 1.25. The van der Waals surface area contributed by atoms with Gasteiger partial charge in [-0.2, -0.15) is 5.10 Å². The largest absolute Gasteiger partial charge is 0.480 e. The Kier molecular flexibility index (Phi) is 4.87. The molecule has 0 aliphatic heterocycles. The van der Waals surface area contributed by atoms with E-state index in [9.17, 15) is 4.79 Å². The van der Waals surface area contributed by atoms with E-state index in [4.69, 9.17) is 10.8 Å². The zero-order valence-electron chi connectivity index (χ0n) is 9.26. The monoisotopic (exact) mass is 227 g/mol. The van der Waals surface area contributed by atoms with E-state index in [1.807, 2.05) is 7.05 Å². The maximum Gasteiger partial charge on any atom is 0.320 e. The molecule has 4 N–H and O–H groups in total. The molecule has 0 aromatic carbocycles. The minimum atomic E-state index is -0.951. The van der Waals surface area contributed by atoms with Gasteiger partial charge in [0.1, 0.15) is 18.2 Å². The number of nitrogens with two attached hydrogens (primary N) is 1. The Labute approximate surface area is 93.7 Å². The number of carboxylic acid groups (broad SMARTS) is 1. The second kappa shape index (κ2) is 6.19. The second-order valence-electron chi connectivity index (χ2n) is 3.56. The van der Waals surface area contributed by atoms with Crippen LogP contribution >= 0.6 is 0 Å². The van der Waals surface area contributed by atoms with Crippen molar-refractivity contribution < 1.29 is 9.90 Å². The van der Waals surface area contributed by atoms with Crippen molar-refractivity contribution in [3.63, 3.8) is 0 Å². The predicted octanol–water partition coefficient (Wildman–Crippen LogP) is -0.903. The molecule has 0 amide bonds. The molecule has 0 bridgehead atoms. The summed E-state index contributed by atoms with van der Waals surface area (Å²) in [6, 6.07) is -0.767. The summed E-state index contributed by atoms with van der Waals surface area (Å²) in [6.07, 6.45) is 2.70. The molecule has 1 heterocycles. The molecule has 0 aliphatic rings. The van der Waals surface area contributed by atoms with Crippen LogP contribution in [0.5, 0.6) is 0 Å². The van der Waals surface area contributed by atoms with E-state index in [1.165, 1.54) is 6.33 Å². The Bertz CT molecular complexity index is 338. The van der Waals surface area contributed by atoms with Crippen LogP contribution in [0.2, 0.25) is 0 Å². The van der Waals surface area contributed by atoms with Gasteiger partial charge in [0, 0.05) is 7.05 Å². The third-order valence-corrected chi connectivity index (χ3v) is 2.27. The molecule has 0 aliphatic carbocycles. The van der Waals surface area contributed by atoms with E-state index in [0.29, 0.717) is 19.5 Å². The molecule has 0 fully saturated rings. The molecule has 0 radical (unpaired) electrons. The lowest BCUT2D eigenvalue weighted by atomic mass is 10.2. The highest BCUT2D eigenvalue weighted by Crippen LogP contribution is 1.94. The van der Waals surface area contributed by atoms with Gasteiger partial charge >= 0.3 is 5.97 Å². The quantitative estimate of drug-likeness (QED) is 0.521. The topological polar surface area (TPSA) is 106 Å². The molecular formula is C9H17N5O2. The Morgan fingerprint density at radius 2 is 2.50 bits per heavy atom. The first-order valence-corrected chi connectivity index (χ1v) is 5.13. The summed E-state index contributed by atoms with van der Waals surface area (Å²) in [5.74, 6) is -0.101. The number of hydrogen-bond donors (Lipinski definition) is 3. The highest BCUT2D eigenvalue weighted by molar-refractivity contribution is 5.72. The van der Waals surface area contributed by atoms with E-state index in [1.54, 1.807) is 4.68 Å². The van der Waals surface area contributed by atoms with E-state index in [0.717, 1.165) is 12.2 Å². The van der Waals surface area contributed by atoms with Gasteiger partial charge in [0.2, 0.25) is 0 Å². The lowest BCUT2D eigenvalue weighted by molar-refractivity contribution is -0.138. The molecule has 7 heteroatoms. The lowest BCUT2D eigenvalue weighted by Crippen LogP contribution is -2.31. The van der Waals surface area contributed by atoms with Gasteiger partial charge in [-0.15, -0.1) is 0 Å². The van der Waals surface area contributed by atoms with Crippen LogP contribution in [0.15, 0.2) is 6.33 Å². The average Bonchev–Trinajstić information content (AvgIpc) is 2.63. The highest BCUT2D eigenvalue weighted by atomic mass is 16.4. The fraction of sp³-hybridized carbons (Fsp3) is 0.667. The van der Waals surface area contributed by atoms with Crippen molar-refractivity contribution >= 4 is 5.97 Å². The van der Waals surface area contributed by atoms with Gasteiger partial charge in [0.25, 0.3) is 0 Å². The first-order valence-electron chi connectivity index (χ1n) is 5.13. The molecule has 1 aromatic rings. The number of aromatic nitrogens is 3. The maximum atomic E-state index is 10.4. The number of rotatable bonds is 7. The van der Waals surface area contributed by atoms with Gasteiger partial charge in [-0.25, -0.2) is 4.98 Å². The second-order valence-corrected chi connectivity index (χ2v) is 3.56. The van der Waals surface area contributed by atoms with Crippen molar-refractivity contribution in [2.24, 2.45) is 12.8 Å². The van der Waals surface area contributed by atoms with Crippen LogP contribution in [-0.2, 0) is 18.4 Å². The molecule has 0 spiro atoms. The molecule has 1 aromatic heterocycles. The first-order chi connectivity index (χ1) is 7.61. The van der Waals surface area contributed by atoms with Gasteiger partial charge in [-0.05, 0) is 19.4 Å². The number of nitrogens with one attached hydrogen (secondary N) is 1. The molecule has 0 saturated carbocycles. The van der Waals surface area contributed by atoms with Crippen molar-refractivity contribution in [1.29, 1.82) is 0 Å². The molecule has 90 valence electrons. The molecule has 1 rings (SSSR count). The van der Waals surface area contributed by atoms with Crippen LogP contribution in [0.4, 0.5) is 0 Å². The Hall–Kier alpha value is -1.47. The zero-order chi connectivity index (χ0) is 12.0. The van der Waals surface area contributed by atoms with Crippen LogP contribution in [0.25, 0.3) is 0 Å². The van der Waals surface area contributed by atoms with Gasteiger partial charge in [-0.1, -0.05) is 0 Å². The maximum absolute atomic E-state index is 10.4. The average molecular weight is 227 g/mol. The van der Waals surface area contributed by atoms with Crippen molar-refractivity contribution in [2.75, 3.05) is 6.54 Å². The fourth-order valence-electron chi connectivity index (χ4n) is 1.25. The Morgan fingerprint density at radius 1 is 1.75 bits per heavy atom. The molecule has 0 saturated heterocycles. The number of carboxylic acids is 1. The third-order valence-electron chi connectivity index (χ3n) is 2.27. The van der Waals surface area contributed by atoms with Gasteiger partial charge in [0.15, 0.2) is 0 Å². The van der Waals surface area contributed by atoms with Gasteiger partial charge in [0.05, 0.1) is 6.54 Å². The standard InChI is InChI=1S/C9H17N5O2/c1-14-8(12-6-13-14)5-11-4-2-3-7(10)9(15)16/h6-7,11H,2-5,10H2,1H3,(H,15,16). The minimum Gasteiger partial charge on any atom is -0.480 e. The highest BCUT2D eigenvalue weighted by Gasteiger charge is 2.09. The summed E-state index contributed by atoms with van der Waals surface area (Å²) in [6.45, 7) is 1.34. The van der Waals surface area contributed by atoms with E-state index < -0.39 is 12.0 Å². The van der Waals surface area contributed by atoms with Gasteiger partial charge in [-0.3, -0.25) is 9.48 Å². The lowest BCUT2D eigenvalue weighted by Gasteiger charge is -2.06. The number of nitrogens with zero attached hydrogens (tertiary/aromatic N) is 3. The van der Waals surface area contributed by atoms with Gasteiger partial charge < -0.3 is 16.2 Å². The van der Waals surface area contributed by atoms with Crippen LogP contribution in [0.3, 0.4) is 0 Å². The number of carbonyl (C=O) groups is 1. The molecule has 1 atom stereocenters. The first kappa shape index (κ1) is 12.6. The van der Waals surface area contributed by atoms with Crippen LogP contribution in [-0.4, -0.2) is 38.4 Å². The Morgan fingerprint density at radius 3 is 3.06 bits per heavy atom. The number of hydrogen-bond acceptors (Lipinski definition) is 5. The normalized spacial score (nSPS) is 12.6. The van der Waals surface area contributed by atoms with Crippen LogP contribution < -0.4 is 11.1 Å². The van der Waals surface area contributed by atoms with E-state index >= 15 is 0 Å². The molecular weight excluding hydrogens is 210 g/mol. The molecule has 16 heavy (non-hydrogen) atoms. The molecule has 7 nitrogen and oxygen atoms in total. The summed E-state index contributed by atoms with van der Waals surface area (Å²) >= 11 is 0. The zero-order valence-corrected chi connectivity index (χ0v) is 9.26. The SMILES string of the molecule is Cn1ncnc1CNCCCC(N)C(=O)O. The number of aryl methyl sites for hydroxylation is 1. The summed E-state index contributed by atoms with van der Waals surface area (Å²) in [7, 11) is 1.82. The molecule has 1 unspecified atom stereocenters. The Balaban J connectivity index is 2.09. The van der Waals surface area contributed by atoms with Crippen molar-refractivity contribution in [3.05, 3.63) is 12.2 Å². The predicted molar refractivity (Wildman–Crippen MR) is 57.6 cm³/mol. The number of aliphatic carboxylic acids is 1. The minimum absolute atomic E-state index is 0.473. The van der Waals surface area contributed by atoms with Crippen LogP contribution in [0, 0.1) is 0 Å². The third kappa shape index (κ3) is 3.95.